The molecule has 1 aliphatic heterocycles. The molecule has 0 bridgehead atoms. The molecule has 0 aromatic heterocycles. The number of rotatable bonds is 10. The Balaban J connectivity index is 1.56. The van der Waals surface area contributed by atoms with E-state index in [0.29, 0.717) is 24.6 Å². The van der Waals surface area contributed by atoms with Crippen molar-refractivity contribution in [3.05, 3.63) is 42.5 Å². The molecule has 1 heterocycles. The number of carbonyl (C=O) groups is 1. The van der Waals surface area contributed by atoms with E-state index in [2.05, 4.69) is 10.0 Å². The zero-order valence-corrected chi connectivity index (χ0v) is 20.0. The maximum absolute atomic E-state index is 12.6. The lowest BCUT2D eigenvalue weighted by molar-refractivity contribution is -0.114. The van der Waals surface area contributed by atoms with E-state index in [1.807, 2.05) is 0 Å². The molecule has 3 rings (SSSR count). The third-order valence-corrected chi connectivity index (χ3v) is 8.35. The number of ether oxygens (including phenoxy) is 2. The monoisotopic (exact) mass is 497 g/mol. The Morgan fingerprint density at radius 1 is 1.00 bits per heavy atom. The number of methoxy groups -OCH3 is 1. The summed E-state index contributed by atoms with van der Waals surface area (Å²) >= 11 is 0. The summed E-state index contributed by atoms with van der Waals surface area (Å²) in [5.74, 6) is 0.401. The van der Waals surface area contributed by atoms with Crippen LogP contribution in [-0.2, 0) is 24.8 Å². The molecule has 0 saturated carbocycles. The van der Waals surface area contributed by atoms with Crippen LogP contribution < -0.4 is 19.5 Å². The third-order valence-electron chi connectivity index (χ3n) is 4.98. The summed E-state index contributed by atoms with van der Waals surface area (Å²) in [5.41, 5.74) is 0.244. The van der Waals surface area contributed by atoms with E-state index in [-0.39, 0.29) is 34.5 Å². The fourth-order valence-corrected chi connectivity index (χ4v) is 5.91. The highest BCUT2D eigenvalue weighted by Gasteiger charge is 2.27. The van der Waals surface area contributed by atoms with Gasteiger partial charge in [0.15, 0.2) is 0 Å². The van der Waals surface area contributed by atoms with Gasteiger partial charge in [-0.1, -0.05) is 0 Å². The van der Waals surface area contributed by atoms with Crippen LogP contribution in [0.3, 0.4) is 0 Å². The highest BCUT2D eigenvalue weighted by molar-refractivity contribution is 7.89. The van der Waals surface area contributed by atoms with Gasteiger partial charge < -0.3 is 14.8 Å². The van der Waals surface area contributed by atoms with Crippen molar-refractivity contribution in [2.45, 2.75) is 29.6 Å². The van der Waals surface area contributed by atoms with Gasteiger partial charge in [-0.2, -0.15) is 4.31 Å². The van der Waals surface area contributed by atoms with Gasteiger partial charge in [0.05, 0.1) is 22.6 Å². The van der Waals surface area contributed by atoms with Gasteiger partial charge in [-0.25, -0.2) is 21.6 Å². The molecule has 12 heteroatoms. The molecule has 0 unspecified atom stereocenters. The minimum absolute atomic E-state index is 0.0162. The van der Waals surface area contributed by atoms with Crippen LogP contribution in [0.25, 0.3) is 0 Å². The van der Waals surface area contributed by atoms with Crippen LogP contribution in [0, 0.1) is 0 Å². The number of nitrogens with one attached hydrogen (secondary N) is 2. The van der Waals surface area contributed by atoms with Crippen molar-refractivity contribution in [3.8, 4) is 11.5 Å². The van der Waals surface area contributed by atoms with E-state index in [4.69, 9.17) is 9.47 Å². The standard InChI is InChI=1S/C21H27N3O7S2/c1-16(25)23-20-15-19(9-10-21(20)30-2)32(26,27)22-11-14-31-17-5-7-18(8-6-17)33(28,29)24-12-3-4-13-24/h5-10,15,22H,3-4,11-14H2,1-2H3,(H,23,25). The van der Waals surface area contributed by atoms with E-state index in [9.17, 15) is 21.6 Å². The van der Waals surface area contributed by atoms with Crippen molar-refractivity contribution in [1.82, 2.24) is 9.03 Å². The number of benzene rings is 2. The fraction of sp³-hybridized carbons (Fsp3) is 0.381. The average Bonchev–Trinajstić information content (AvgIpc) is 3.32. The molecule has 180 valence electrons. The molecule has 0 atom stereocenters. The maximum Gasteiger partial charge on any atom is 0.243 e. The normalized spacial score (nSPS) is 14.7. The van der Waals surface area contributed by atoms with Gasteiger partial charge in [0.2, 0.25) is 26.0 Å². The maximum atomic E-state index is 12.6. The molecule has 2 N–H and O–H groups in total. The van der Waals surface area contributed by atoms with Gasteiger partial charge in [-0.15, -0.1) is 0 Å². The van der Waals surface area contributed by atoms with Gasteiger partial charge in [-0.3, -0.25) is 4.79 Å². The topological polar surface area (TPSA) is 131 Å². The number of anilines is 1. The van der Waals surface area contributed by atoms with Gasteiger partial charge in [0.25, 0.3) is 0 Å². The minimum Gasteiger partial charge on any atom is -0.495 e. The van der Waals surface area contributed by atoms with Crippen molar-refractivity contribution in [2.75, 3.05) is 38.7 Å². The molecule has 1 aliphatic rings. The predicted octanol–water partition coefficient (Wildman–Crippen LogP) is 1.80. The largest absolute Gasteiger partial charge is 0.495 e. The van der Waals surface area contributed by atoms with E-state index in [1.54, 1.807) is 12.1 Å². The molecular weight excluding hydrogens is 470 g/mol. The molecule has 33 heavy (non-hydrogen) atoms. The van der Waals surface area contributed by atoms with Crippen molar-refractivity contribution in [1.29, 1.82) is 0 Å². The Morgan fingerprint density at radius 2 is 1.64 bits per heavy atom. The average molecular weight is 498 g/mol. The fourth-order valence-electron chi connectivity index (χ4n) is 3.36. The second-order valence-corrected chi connectivity index (χ2v) is 11.1. The SMILES string of the molecule is COc1ccc(S(=O)(=O)NCCOc2ccc(S(=O)(=O)N3CCCC3)cc2)cc1NC(C)=O. The molecular formula is C21H27N3O7S2. The van der Waals surface area contributed by atoms with Crippen molar-refractivity contribution in [2.24, 2.45) is 0 Å². The second kappa shape index (κ2) is 10.5. The highest BCUT2D eigenvalue weighted by Crippen LogP contribution is 2.27. The van der Waals surface area contributed by atoms with Gasteiger partial charge in [0, 0.05) is 26.6 Å². The lowest BCUT2D eigenvalue weighted by atomic mass is 10.3. The summed E-state index contributed by atoms with van der Waals surface area (Å²) in [6.45, 7) is 2.39. The third kappa shape index (κ3) is 6.22. The number of hydrogen-bond donors (Lipinski definition) is 2. The molecule has 10 nitrogen and oxygen atoms in total. The Labute approximate surface area is 194 Å². The molecule has 1 saturated heterocycles. The van der Waals surface area contributed by atoms with Crippen LogP contribution in [0.1, 0.15) is 19.8 Å². The number of amides is 1. The highest BCUT2D eigenvalue weighted by atomic mass is 32.2. The smallest absolute Gasteiger partial charge is 0.243 e. The summed E-state index contributed by atoms with van der Waals surface area (Å²) in [6, 6.07) is 10.2. The lowest BCUT2D eigenvalue weighted by Crippen LogP contribution is -2.28. The van der Waals surface area contributed by atoms with E-state index < -0.39 is 20.0 Å². The zero-order valence-electron chi connectivity index (χ0n) is 18.4. The van der Waals surface area contributed by atoms with Crippen LogP contribution in [0.5, 0.6) is 11.5 Å². The second-order valence-electron chi connectivity index (χ2n) is 7.37. The number of sulfonamides is 2. The van der Waals surface area contributed by atoms with E-state index >= 15 is 0 Å². The molecule has 2 aromatic rings. The summed E-state index contributed by atoms with van der Waals surface area (Å²) in [4.78, 5) is 11.5. The number of carbonyl (C=O) groups excluding carboxylic acids is 1. The number of nitrogens with zero attached hydrogens (tertiary/aromatic N) is 1. The predicted molar refractivity (Wildman–Crippen MR) is 122 cm³/mol. The van der Waals surface area contributed by atoms with Gasteiger partial charge in [0.1, 0.15) is 18.1 Å². The Bertz CT molecular complexity index is 1190. The summed E-state index contributed by atoms with van der Waals surface area (Å²) in [7, 11) is -5.94. The van der Waals surface area contributed by atoms with Crippen molar-refractivity contribution >= 4 is 31.6 Å². The summed E-state index contributed by atoms with van der Waals surface area (Å²) in [6.07, 6.45) is 1.73. The summed E-state index contributed by atoms with van der Waals surface area (Å²) in [5, 5.41) is 2.53. The first-order valence-corrected chi connectivity index (χ1v) is 13.2. The van der Waals surface area contributed by atoms with E-state index in [0.717, 1.165) is 12.8 Å². The molecule has 2 aromatic carbocycles. The zero-order chi connectivity index (χ0) is 24.1. The number of hydrogen-bond acceptors (Lipinski definition) is 7. The molecule has 1 amide bonds. The first-order valence-electron chi connectivity index (χ1n) is 10.3. The van der Waals surface area contributed by atoms with Gasteiger partial charge in [-0.05, 0) is 55.3 Å². The minimum atomic E-state index is -3.86. The molecule has 0 spiro atoms. The van der Waals surface area contributed by atoms with Crippen LogP contribution in [-0.4, -0.2) is 60.4 Å². The Morgan fingerprint density at radius 3 is 2.24 bits per heavy atom. The first-order chi connectivity index (χ1) is 15.6. The van der Waals surface area contributed by atoms with E-state index in [1.165, 1.54) is 48.7 Å². The van der Waals surface area contributed by atoms with Crippen molar-refractivity contribution < 1.29 is 31.1 Å². The Hall–Kier alpha value is -2.67. The molecule has 0 radical (unpaired) electrons. The lowest BCUT2D eigenvalue weighted by Gasteiger charge is -2.15. The van der Waals surface area contributed by atoms with Crippen LogP contribution >= 0.6 is 0 Å². The quantitative estimate of drug-likeness (QED) is 0.479. The Kier molecular flexibility index (Phi) is 7.95. The van der Waals surface area contributed by atoms with Gasteiger partial charge >= 0.3 is 0 Å². The summed E-state index contributed by atoms with van der Waals surface area (Å²) < 4.78 is 64.8. The van der Waals surface area contributed by atoms with Crippen molar-refractivity contribution in [3.63, 3.8) is 0 Å². The molecule has 0 aliphatic carbocycles. The van der Waals surface area contributed by atoms with Crippen LogP contribution in [0.4, 0.5) is 5.69 Å². The van der Waals surface area contributed by atoms with Crippen LogP contribution in [0.15, 0.2) is 52.3 Å². The molecule has 1 fully saturated rings. The van der Waals surface area contributed by atoms with Crippen LogP contribution in [0.2, 0.25) is 0 Å². The first kappa shape index (κ1) is 25.0.